The van der Waals surface area contributed by atoms with E-state index in [9.17, 15) is 0 Å². The Morgan fingerprint density at radius 2 is 0.793 bits per heavy atom. The minimum atomic E-state index is 0.510. The van der Waals surface area contributed by atoms with E-state index in [2.05, 4.69) is 159 Å². The van der Waals surface area contributed by atoms with E-state index in [0.29, 0.717) is 54.1 Å². The molecule has 0 radical (unpaired) electrons. The molecular weight excluding hydrogens is 1040 g/mol. The van der Waals surface area contributed by atoms with Crippen molar-refractivity contribution < 1.29 is 0 Å². The quantitative estimate of drug-likeness (QED) is 0.257. The van der Waals surface area contributed by atoms with E-state index in [0.717, 1.165) is 123 Å². The van der Waals surface area contributed by atoms with Gasteiger partial charge in [-0.05, 0) is 357 Å². The lowest BCUT2D eigenvalue weighted by atomic mass is 9.40. The fourth-order valence-electron chi connectivity index (χ4n) is 29.5. The fraction of sp³-hybridized carbons (Fsp3) is 1.00. The standard InChI is InChI=1S/2C15H26.C14H24.2C12H22.C10H18.C9H16/c1-14(2,3)15(4)12-6-10-5-11(8-12)9-13(15)7-10;1-3-4-5-15(2)13-7-11-6-12(9-13)10-14(15)8-11;1-9(2)14(3)12-5-10-4-11(7-12)8-13(14)6-10;1-10(2)9-6-7-12(5,8-9)11(10,3)4;1-10(2)8-9-6-7-12(10,5)11(9,3)4;1-3-10(2)7-8-4-5-9(10)6-8;1-9(2)6-7-3-4-8(9)5-7/h10-13H,5-9H2,1-4H3;11-14H,3-10H2,1-2H3;9-13H,4-8H2,1-3H3;2*9H,6-8H2,1-5H3;8-9H,3-7H2,1-2H3;7-8H,3-6H2,1-2H3. The highest BCUT2D eigenvalue weighted by Crippen LogP contribution is 2.75. The second kappa shape index (κ2) is 23.7. The van der Waals surface area contributed by atoms with Crippen LogP contribution in [0.1, 0.15) is 371 Å². The van der Waals surface area contributed by atoms with Gasteiger partial charge in [-0.3, -0.25) is 0 Å². The summed E-state index contributed by atoms with van der Waals surface area (Å²) in [5, 5.41) is 0. The van der Waals surface area contributed by atoms with Gasteiger partial charge in [-0.1, -0.05) is 191 Å². The van der Waals surface area contributed by atoms with Crippen molar-refractivity contribution in [3.05, 3.63) is 0 Å². The van der Waals surface area contributed by atoms with Crippen LogP contribution in [0.5, 0.6) is 0 Å². The van der Waals surface area contributed by atoms with Crippen molar-refractivity contribution in [2.45, 2.75) is 371 Å². The van der Waals surface area contributed by atoms with Crippen LogP contribution >= 0.6 is 0 Å². The molecule has 9 unspecified atom stereocenters. The minimum Gasteiger partial charge on any atom is -0.0654 e. The Morgan fingerprint density at radius 1 is 0.379 bits per heavy atom. The first kappa shape index (κ1) is 68.4. The number of hydrogen-bond donors (Lipinski definition) is 0. The van der Waals surface area contributed by atoms with Gasteiger partial charge in [-0.2, -0.15) is 0 Å². The molecule has 20 aliphatic rings. The molecular formula is C87H154. The molecule has 0 aromatic rings. The highest BCUT2D eigenvalue weighted by molar-refractivity contribution is 5.15. The smallest absolute Gasteiger partial charge is 0.0220 e. The SMILES string of the molecule is CC(C)(C)C1(C)C2CC3CC(C2)CC1C3.CC(C)C1(C)C2CC3CC(C2)CC1C3.CC1(C)CC2CCC1(C)C2(C)C.CC1(C)CC2CCC1C2.CC12CCC(C1)C(C)(C)C2(C)C.CCC1(C)CC2CCC1C2.CCCCC1(C)C2CC3CC(C2)CC1C3. The van der Waals surface area contributed by atoms with Gasteiger partial charge in [0.15, 0.2) is 0 Å². The van der Waals surface area contributed by atoms with E-state index in [1.807, 2.05) is 0 Å². The molecule has 20 rings (SSSR count). The Labute approximate surface area is 545 Å². The van der Waals surface area contributed by atoms with Crippen molar-refractivity contribution in [1.82, 2.24) is 0 Å². The minimum absolute atomic E-state index is 0.510. The molecule has 0 aromatic heterocycles. The van der Waals surface area contributed by atoms with Gasteiger partial charge < -0.3 is 0 Å². The zero-order valence-corrected chi connectivity index (χ0v) is 63.3. The van der Waals surface area contributed by atoms with Gasteiger partial charge in [-0.15, -0.1) is 0 Å². The number of hydrogen-bond acceptors (Lipinski definition) is 0. The van der Waals surface area contributed by atoms with Gasteiger partial charge in [-0.25, -0.2) is 0 Å². The predicted octanol–water partition coefficient (Wildman–Crippen LogP) is 27.0. The van der Waals surface area contributed by atoms with Crippen molar-refractivity contribution in [3.63, 3.8) is 0 Å². The van der Waals surface area contributed by atoms with Crippen LogP contribution in [0.4, 0.5) is 0 Å². The van der Waals surface area contributed by atoms with E-state index in [4.69, 9.17) is 0 Å². The molecule has 0 spiro atoms. The van der Waals surface area contributed by atoms with Crippen molar-refractivity contribution >= 4 is 0 Å². The number of fused-ring (bicyclic) bond motifs is 8. The molecule has 0 heteroatoms. The highest BCUT2D eigenvalue weighted by Gasteiger charge is 2.66. The van der Waals surface area contributed by atoms with Crippen LogP contribution in [0.25, 0.3) is 0 Å². The Hall–Kier alpha value is 0. The molecule has 0 aliphatic heterocycles. The summed E-state index contributed by atoms with van der Waals surface area (Å²) >= 11 is 0. The van der Waals surface area contributed by atoms with Crippen LogP contribution in [-0.2, 0) is 0 Å². The monoisotopic (exact) mass is 1200 g/mol. The van der Waals surface area contributed by atoms with Crippen LogP contribution in [0.3, 0.4) is 0 Å². The average molecular weight is 1200 g/mol. The summed E-state index contributed by atoms with van der Waals surface area (Å²) in [5.41, 5.74) is 7.60. The predicted molar refractivity (Wildman–Crippen MR) is 378 cm³/mol. The van der Waals surface area contributed by atoms with E-state index in [1.165, 1.54) is 96.3 Å². The molecule has 20 bridgehead atoms. The summed E-state index contributed by atoms with van der Waals surface area (Å²) < 4.78 is 0. The largest absolute Gasteiger partial charge is 0.0654 e. The molecule has 0 heterocycles. The fourth-order valence-corrected chi connectivity index (χ4v) is 29.5. The first-order chi connectivity index (χ1) is 40.3. The van der Waals surface area contributed by atoms with Crippen molar-refractivity contribution in [2.75, 3.05) is 0 Å². The maximum atomic E-state index is 2.63. The summed E-state index contributed by atoms with van der Waals surface area (Å²) in [6, 6.07) is 0. The molecule has 0 amide bonds. The molecule has 20 aliphatic carbocycles. The third-order valence-electron chi connectivity index (χ3n) is 37.8. The third-order valence-corrected chi connectivity index (χ3v) is 37.8. The van der Waals surface area contributed by atoms with Crippen molar-refractivity contribution in [1.29, 1.82) is 0 Å². The maximum absolute atomic E-state index is 2.63. The first-order valence-electron chi connectivity index (χ1n) is 40.3. The van der Waals surface area contributed by atoms with Crippen LogP contribution in [0, 0.1) is 177 Å². The second-order valence-corrected chi connectivity index (χ2v) is 43.5. The van der Waals surface area contributed by atoms with Crippen molar-refractivity contribution in [2.24, 2.45) is 177 Å². The van der Waals surface area contributed by atoms with Crippen molar-refractivity contribution in [3.8, 4) is 0 Å². The van der Waals surface area contributed by atoms with Crippen LogP contribution in [0.2, 0.25) is 0 Å². The number of rotatable bonds is 5. The Bertz CT molecular complexity index is 2230. The van der Waals surface area contributed by atoms with Gasteiger partial charge in [0.05, 0.1) is 0 Å². The summed E-state index contributed by atoms with van der Waals surface area (Å²) in [5.74, 6) is 20.6. The lowest BCUT2D eigenvalue weighted by Crippen LogP contribution is -2.56. The lowest BCUT2D eigenvalue weighted by molar-refractivity contribution is -0.153. The summed E-state index contributed by atoms with van der Waals surface area (Å²) in [4.78, 5) is 0. The summed E-state index contributed by atoms with van der Waals surface area (Å²) in [6.45, 7) is 57.1. The molecule has 9 atom stereocenters. The maximum Gasteiger partial charge on any atom is -0.0220 e. The molecule has 0 nitrogen and oxygen atoms in total. The highest BCUT2D eigenvalue weighted by atomic mass is 14.7. The summed E-state index contributed by atoms with van der Waals surface area (Å²) in [7, 11) is 0. The average Bonchev–Trinajstić information content (AvgIpc) is 1.61. The van der Waals surface area contributed by atoms with E-state index in [1.54, 1.807) is 116 Å². The van der Waals surface area contributed by atoms with E-state index >= 15 is 0 Å². The van der Waals surface area contributed by atoms with Gasteiger partial charge in [0.25, 0.3) is 0 Å². The molecule has 0 N–H and O–H groups in total. The zero-order chi connectivity index (χ0) is 63.3. The Kier molecular flexibility index (Phi) is 18.6. The topological polar surface area (TPSA) is 0 Å². The molecule has 87 heavy (non-hydrogen) atoms. The summed E-state index contributed by atoms with van der Waals surface area (Å²) in [6.07, 6.45) is 50.5. The lowest BCUT2D eigenvalue weighted by Gasteiger charge is -2.65. The van der Waals surface area contributed by atoms with Crippen LogP contribution < -0.4 is 0 Å². The van der Waals surface area contributed by atoms with E-state index < -0.39 is 0 Å². The van der Waals surface area contributed by atoms with Crippen LogP contribution in [0.15, 0.2) is 0 Å². The van der Waals surface area contributed by atoms with Gasteiger partial charge in [0, 0.05) is 0 Å². The Balaban J connectivity index is 0.000000106. The molecule has 0 aromatic carbocycles. The van der Waals surface area contributed by atoms with Gasteiger partial charge in [0.2, 0.25) is 0 Å². The molecule has 502 valence electrons. The first-order valence-corrected chi connectivity index (χ1v) is 40.3. The molecule has 20 saturated carbocycles. The Morgan fingerprint density at radius 3 is 1.05 bits per heavy atom. The molecule has 0 saturated heterocycles. The second-order valence-electron chi connectivity index (χ2n) is 43.5. The zero-order valence-electron chi connectivity index (χ0n) is 63.3. The van der Waals surface area contributed by atoms with Gasteiger partial charge in [0.1, 0.15) is 0 Å². The van der Waals surface area contributed by atoms with Gasteiger partial charge >= 0.3 is 0 Å². The molecule has 20 fully saturated rings. The number of unbranched alkanes of at least 4 members (excludes halogenated alkanes) is 1. The van der Waals surface area contributed by atoms with E-state index in [-0.39, 0.29) is 0 Å². The normalized spacial score (nSPS) is 51.3. The third kappa shape index (κ3) is 11.6. The van der Waals surface area contributed by atoms with Crippen LogP contribution in [-0.4, -0.2) is 0 Å².